The lowest BCUT2D eigenvalue weighted by atomic mass is 10.1. The molecule has 0 aliphatic heterocycles. The molecule has 2 nitrogen and oxygen atoms in total. The number of aryl methyl sites for hydroxylation is 1. The third-order valence-corrected chi connectivity index (χ3v) is 4.14. The molecule has 106 valence electrons. The summed E-state index contributed by atoms with van der Waals surface area (Å²) in [7, 11) is 4.12. The van der Waals surface area contributed by atoms with E-state index in [-0.39, 0.29) is 0 Å². The van der Waals surface area contributed by atoms with Gasteiger partial charge in [-0.1, -0.05) is 12.1 Å². The van der Waals surface area contributed by atoms with Gasteiger partial charge >= 0.3 is 0 Å². The van der Waals surface area contributed by atoms with Crippen LogP contribution in [0.5, 0.6) is 0 Å². The highest BCUT2D eigenvalue weighted by atomic mass is 127. The number of nitrogens with zero attached hydrogens (tertiary/aromatic N) is 1. The highest BCUT2D eigenvalue weighted by molar-refractivity contribution is 14.1. The highest BCUT2D eigenvalue weighted by Gasteiger charge is 2.07. The monoisotopic (exact) mass is 380 g/mol. The van der Waals surface area contributed by atoms with Crippen LogP contribution in [0.3, 0.4) is 0 Å². The molecule has 0 saturated carbocycles. The Morgan fingerprint density at radius 2 is 1.70 bits per heavy atom. The summed E-state index contributed by atoms with van der Waals surface area (Å²) in [5, 5.41) is 3.59. The van der Waals surface area contributed by atoms with E-state index >= 15 is 0 Å². The molecule has 1 unspecified atom stereocenters. The fourth-order valence-corrected chi connectivity index (χ4v) is 2.81. The summed E-state index contributed by atoms with van der Waals surface area (Å²) >= 11 is 2.34. The van der Waals surface area contributed by atoms with Crippen molar-refractivity contribution in [1.29, 1.82) is 0 Å². The molecule has 0 saturated heterocycles. The van der Waals surface area contributed by atoms with Crippen molar-refractivity contribution in [2.24, 2.45) is 0 Å². The van der Waals surface area contributed by atoms with Gasteiger partial charge in [-0.2, -0.15) is 0 Å². The van der Waals surface area contributed by atoms with Crippen LogP contribution in [0.25, 0.3) is 0 Å². The molecule has 0 amide bonds. The van der Waals surface area contributed by atoms with Crippen molar-refractivity contribution in [3.8, 4) is 0 Å². The molecule has 0 aromatic heterocycles. The van der Waals surface area contributed by atoms with Crippen molar-refractivity contribution in [1.82, 2.24) is 0 Å². The molecule has 0 aliphatic rings. The number of rotatable bonds is 4. The van der Waals surface area contributed by atoms with E-state index in [1.165, 1.54) is 26.1 Å². The zero-order valence-electron chi connectivity index (χ0n) is 12.4. The lowest BCUT2D eigenvalue weighted by Crippen LogP contribution is -2.10. The summed E-state index contributed by atoms with van der Waals surface area (Å²) in [5.74, 6) is 0. The fourth-order valence-electron chi connectivity index (χ4n) is 2.17. The summed E-state index contributed by atoms with van der Waals surface area (Å²) in [6, 6.07) is 15.5. The summed E-state index contributed by atoms with van der Waals surface area (Å²) in [5.41, 5.74) is 5.02. The van der Waals surface area contributed by atoms with E-state index in [4.69, 9.17) is 0 Å². The number of benzene rings is 2. The molecule has 0 radical (unpaired) electrons. The van der Waals surface area contributed by atoms with Crippen LogP contribution in [0.15, 0.2) is 42.5 Å². The average Bonchev–Trinajstić information content (AvgIpc) is 2.42. The zero-order valence-corrected chi connectivity index (χ0v) is 14.6. The molecule has 0 aliphatic carbocycles. The van der Waals surface area contributed by atoms with E-state index in [0.717, 1.165) is 0 Å². The lowest BCUT2D eigenvalue weighted by molar-refractivity contribution is 0.882. The molecular formula is C17H21IN2. The van der Waals surface area contributed by atoms with Gasteiger partial charge in [0.25, 0.3) is 0 Å². The Morgan fingerprint density at radius 3 is 2.25 bits per heavy atom. The molecule has 2 rings (SSSR count). The zero-order chi connectivity index (χ0) is 14.7. The second-order valence-corrected chi connectivity index (χ2v) is 6.56. The minimum absolute atomic E-state index is 0.296. The first-order chi connectivity index (χ1) is 9.47. The smallest absolute Gasteiger partial charge is 0.0485 e. The van der Waals surface area contributed by atoms with Crippen molar-refractivity contribution < 1.29 is 0 Å². The van der Waals surface area contributed by atoms with Crippen LogP contribution in [-0.2, 0) is 0 Å². The van der Waals surface area contributed by atoms with Gasteiger partial charge in [-0.05, 0) is 77.9 Å². The number of hydrogen-bond donors (Lipinski definition) is 1. The topological polar surface area (TPSA) is 15.3 Å². The molecular weight excluding hydrogens is 359 g/mol. The van der Waals surface area contributed by atoms with E-state index in [1.54, 1.807) is 0 Å². The number of hydrogen-bond acceptors (Lipinski definition) is 2. The minimum atomic E-state index is 0.296. The van der Waals surface area contributed by atoms with E-state index in [0.29, 0.717) is 6.04 Å². The van der Waals surface area contributed by atoms with E-state index in [9.17, 15) is 0 Å². The van der Waals surface area contributed by atoms with Crippen LogP contribution >= 0.6 is 22.6 Å². The quantitative estimate of drug-likeness (QED) is 0.764. The van der Waals surface area contributed by atoms with Crippen LogP contribution < -0.4 is 10.2 Å². The summed E-state index contributed by atoms with van der Waals surface area (Å²) < 4.78 is 1.27. The first kappa shape index (κ1) is 15.2. The standard InChI is InChI=1S/C17H21IN2/c1-12-11-15(18)7-10-17(12)19-13(2)14-5-8-16(9-6-14)20(3)4/h5-11,13,19H,1-4H3. The molecule has 1 atom stereocenters. The Balaban J connectivity index is 2.13. The Hall–Kier alpha value is -1.23. The van der Waals surface area contributed by atoms with Crippen molar-refractivity contribution in [3.63, 3.8) is 0 Å². The predicted molar refractivity (Wildman–Crippen MR) is 96.7 cm³/mol. The first-order valence-corrected chi connectivity index (χ1v) is 7.85. The summed E-state index contributed by atoms with van der Waals surface area (Å²) in [6.07, 6.45) is 0. The molecule has 20 heavy (non-hydrogen) atoms. The van der Waals surface area contributed by atoms with E-state index in [2.05, 4.69) is 103 Å². The van der Waals surface area contributed by atoms with Crippen LogP contribution in [0.1, 0.15) is 24.1 Å². The predicted octanol–water partition coefficient (Wildman–Crippen LogP) is 4.84. The molecule has 0 heterocycles. The van der Waals surface area contributed by atoms with Crippen LogP contribution in [0.4, 0.5) is 11.4 Å². The van der Waals surface area contributed by atoms with Gasteiger partial charge in [0.05, 0.1) is 0 Å². The van der Waals surface area contributed by atoms with Crippen LogP contribution in [0.2, 0.25) is 0 Å². The van der Waals surface area contributed by atoms with Crippen molar-refractivity contribution >= 4 is 34.0 Å². The minimum Gasteiger partial charge on any atom is -0.378 e. The summed E-state index contributed by atoms with van der Waals surface area (Å²) in [4.78, 5) is 2.12. The molecule has 2 aromatic carbocycles. The third-order valence-electron chi connectivity index (χ3n) is 3.47. The molecule has 0 fully saturated rings. The van der Waals surface area contributed by atoms with Crippen LogP contribution in [-0.4, -0.2) is 14.1 Å². The fraction of sp³-hybridized carbons (Fsp3) is 0.294. The van der Waals surface area contributed by atoms with Gasteiger partial charge in [-0.25, -0.2) is 0 Å². The van der Waals surface area contributed by atoms with Crippen LogP contribution in [0, 0.1) is 10.5 Å². The van der Waals surface area contributed by atoms with Gasteiger partial charge in [0.1, 0.15) is 0 Å². The van der Waals surface area contributed by atoms with Gasteiger partial charge < -0.3 is 10.2 Å². The average molecular weight is 380 g/mol. The van der Waals surface area contributed by atoms with Crippen molar-refractivity contribution in [3.05, 3.63) is 57.2 Å². The highest BCUT2D eigenvalue weighted by Crippen LogP contribution is 2.24. The molecule has 3 heteroatoms. The largest absolute Gasteiger partial charge is 0.378 e. The molecule has 1 N–H and O–H groups in total. The maximum absolute atomic E-state index is 3.59. The SMILES string of the molecule is Cc1cc(I)ccc1NC(C)c1ccc(N(C)C)cc1. The number of halogens is 1. The van der Waals surface area contributed by atoms with Gasteiger partial charge in [0, 0.05) is 35.1 Å². The molecule has 2 aromatic rings. The second kappa shape index (κ2) is 6.48. The van der Waals surface area contributed by atoms with Gasteiger partial charge in [0.2, 0.25) is 0 Å². The second-order valence-electron chi connectivity index (χ2n) is 5.31. The van der Waals surface area contributed by atoms with E-state index in [1.807, 2.05) is 0 Å². The first-order valence-electron chi connectivity index (χ1n) is 6.77. The Morgan fingerprint density at radius 1 is 1.05 bits per heavy atom. The Labute approximate surface area is 135 Å². The number of nitrogens with one attached hydrogen (secondary N) is 1. The van der Waals surface area contributed by atoms with Gasteiger partial charge in [-0.15, -0.1) is 0 Å². The van der Waals surface area contributed by atoms with Gasteiger partial charge in [-0.3, -0.25) is 0 Å². The normalized spacial score (nSPS) is 12.1. The number of anilines is 2. The third kappa shape index (κ3) is 3.66. The van der Waals surface area contributed by atoms with E-state index < -0.39 is 0 Å². The maximum Gasteiger partial charge on any atom is 0.0485 e. The molecule has 0 bridgehead atoms. The lowest BCUT2D eigenvalue weighted by Gasteiger charge is -2.19. The Kier molecular flexibility index (Phi) is 4.91. The maximum atomic E-state index is 3.59. The Bertz CT molecular complexity index is 576. The van der Waals surface area contributed by atoms with Crippen molar-refractivity contribution in [2.45, 2.75) is 19.9 Å². The molecule has 0 spiro atoms. The van der Waals surface area contributed by atoms with Gasteiger partial charge in [0.15, 0.2) is 0 Å². The van der Waals surface area contributed by atoms with Crippen molar-refractivity contribution in [2.75, 3.05) is 24.3 Å². The summed E-state index contributed by atoms with van der Waals surface area (Å²) in [6.45, 7) is 4.34.